The molecule has 2 atom stereocenters. The number of carbonyl (C=O) groups is 1. The van der Waals surface area contributed by atoms with Gasteiger partial charge in [0, 0.05) is 25.5 Å². The Morgan fingerprint density at radius 1 is 0.743 bits per heavy atom. The summed E-state index contributed by atoms with van der Waals surface area (Å²) in [7, 11) is -0.0744. The fraction of sp³-hybridized carbons (Fsp3) is 0.964. The largest absolute Gasteiger partial charge is 0.381 e. The number of ketones is 1. The molecule has 2 N–H and O–H groups in total. The minimum absolute atomic E-state index is 0.0386. The molecule has 35 heavy (non-hydrogen) atoms. The van der Waals surface area contributed by atoms with Gasteiger partial charge >= 0.3 is 8.60 Å². The Labute approximate surface area is 218 Å². The molecular formula is C28H58NO5P. The van der Waals surface area contributed by atoms with Crippen molar-refractivity contribution in [3.63, 3.8) is 0 Å². The van der Waals surface area contributed by atoms with Crippen LogP contribution in [0.4, 0.5) is 0 Å². The minimum atomic E-state index is -1.90. The molecule has 0 saturated heterocycles. The number of Topliss-reactive ketones (excluding diaryl/α,β-unsaturated/α-hetero) is 1. The highest BCUT2D eigenvalue weighted by molar-refractivity contribution is 7.40. The minimum Gasteiger partial charge on any atom is -0.381 e. The van der Waals surface area contributed by atoms with E-state index in [2.05, 4.69) is 12.2 Å². The van der Waals surface area contributed by atoms with Gasteiger partial charge < -0.3 is 28.8 Å². The van der Waals surface area contributed by atoms with Crippen LogP contribution in [-0.4, -0.2) is 50.7 Å². The average molecular weight is 520 g/mol. The predicted octanol–water partition coefficient (Wildman–Crippen LogP) is 7.72. The van der Waals surface area contributed by atoms with Crippen LogP contribution in [0, 0.1) is 5.92 Å². The van der Waals surface area contributed by atoms with Gasteiger partial charge in [-0.3, -0.25) is 0 Å². The molecule has 0 heterocycles. The van der Waals surface area contributed by atoms with Crippen molar-refractivity contribution in [1.82, 2.24) is 5.32 Å². The zero-order valence-electron chi connectivity index (χ0n) is 23.4. The molecule has 0 bridgehead atoms. The number of nitrogens with one attached hydrogen (secondary N) is 1. The monoisotopic (exact) mass is 519 g/mol. The third-order valence-corrected chi connectivity index (χ3v) is 7.07. The zero-order chi connectivity index (χ0) is 25.8. The van der Waals surface area contributed by atoms with Crippen LogP contribution >= 0.6 is 8.60 Å². The molecule has 0 amide bonds. The molecule has 0 rings (SSSR count). The van der Waals surface area contributed by atoms with E-state index in [0.717, 1.165) is 13.0 Å². The predicted molar refractivity (Wildman–Crippen MR) is 149 cm³/mol. The third kappa shape index (κ3) is 28.3. The van der Waals surface area contributed by atoms with Crippen molar-refractivity contribution in [2.75, 3.05) is 40.0 Å². The number of rotatable bonds is 29. The van der Waals surface area contributed by atoms with E-state index in [1.807, 2.05) is 7.05 Å². The normalized spacial score (nSPS) is 13.3. The molecule has 210 valence electrons. The van der Waals surface area contributed by atoms with Gasteiger partial charge in [0.25, 0.3) is 0 Å². The van der Waals surface area contributed by atoms with Crippen LogP contribution in [0.25, 0.3) is 0 Å². The number of ether oxygens (including phenoxy) is 1. The van der Waals surface area contributed by atoms with Gasteiger partial charge in [-0.25, -0.2) is 0 Å². The molecule has 0 aromatic carbocycles. The van der Waals surface area contributed by atoms with Crippen LogP contribution in [0.5, 0.6) is 0 Å². The molecule has 7 heteroatoms. The number of hydrogen-bond donors (Lipinski definition) is 2. The van der Waals surface area contributed by atoms with E-state index in [1.54, 1.807) is 6.92 Å². The molecular weight excluding hydrogens is 461 g/mol. The van der Waals surface area contributed by atoms with Gasteiger partial charge in [-0.2, -0.15) is 0 Å². The van der Waals surface area contributed by atoms with E-state index in [-0.39, 0.29) is 18.3 Å². The first-order valence-corrected chi connectivity index (χ1v) is 15.7. The fourth-order valence-corrected chi connectivity index (χ4v) is 4.84. The van der Waals surface area contributed by atoms with Crippen molar-refractivity contribution in [3.8, 4) is 0 Å². The summed E-state index contributed by atoms with van der Waals surface area (Å²) < 4.78 is 16.4. The molecule has 0 radical (unpaired) electrons. The van der Waals surface area contributed by atoms with Crippen LogP contribution in [0.3, 0.4) is 0 Å². The second kappa shape index (κ2) is 28.5. The first-order chi connectivity index (χ1) is 17.1. The highest BCUT2D eigenvalue weighted by Crippen LogP contribution is 2.33. The van der Waals surface area contributed by atoms with Crippen molar-refractivity contribution < 1.29 is 23.5 Å². The van der Waals surface area contributed by atoms with E-state index < -0.39 is 8.60 Å². The lowest BCUT2D eigenvalue weighted by atomic mass is 10.0. The Bertz CT molecular complexity index is 442. The zero-order valence-corrected chi connectivity index (χ0v) is 24.3. The van der Waals surface area contributed by atoms with E-state index in [9.17, 15) is 9.69 Å². The summed E-state index contributed by atoms with van der Waals surface area (Å²) in [5, 5.41) is 2.94. The van der Waals surface area contributed by atoms with Crippen LogP contribution < -0.4 is 5.32 Å². The lowest BCUT2D eigenvalue weighted by Gasteiger charge is -2.18. The summed E-state index contributed by atoms with van der Waals surface area (Å²) >= 11 is 0. The summed E-state index contributed by atoms with van der Waals surface area (Å²) in [6, 6.07) is 0. The molecule has 0 aromatic rings. The van der Waals surface area contributed by atoms with Crippen LogP contribution in [0.1, 0.15) is 129 Å². The van der Waals surface area contributed by atoms with Gasteiger partial charge in [0.1, 0.15) is 5.78 Å². The Morgan fingerprint density at radius 3 is 1.69 bits per heavy atom. The SMILES string of the molecule is CCCCCCCCCCCCCCCCCCCOCC(COP(O)OCCNC)CC(C)=O. The van der Waals surface area contributed by atoms with Crippen molar-refractivity contribution >= 4 is 14.4 Å². The van der Waals surface area contributed by atoms with Crippen molar-refractivity contribution in [2.45, 2.75) is 129 Å². The Kier molecular flexibility index (Phi) is 28.4. The smallest absolute Gasteiger partial charge is 0.329 e. The highest BCUT2D eigenvalue weighted by Gasteiger charge is 2.16. The van der Waals surface area contributed by atoms with E-state index in [4.69, 9.17) is 13.8 Å². The van der Waals surface area contributed by atoms with Gasteiger partial charge in [-0.15, -0.1) is 0 Å². The third-order valence-electron chi connectivity index (χ3n) is 6.30. The quantitative estimate of drug-likeness (QED) is 0.0778. The van der Waals surface area contributed by atoms with Gasteiger partial charge in [0.2, 0.25) is 0 Å². The lowest BCUT2D eigenvalue weighted by molar-refractivity contribution is -0.118. The first-order valence-electron chi connectivity index (χ1n) is 14.6. The van der Waals surface area contributed by atoms with Crippen LogP contribution in [-0.2, 0) is 18.6 Å². The Balaban J connectivity index is 3.47. The molecule has 0 aliphatic rings. The fourth-order valence-electron chi connectivity index (χ4n) is 4.18. The van der Waals surface area contributed by atoms with Crippen molar-refractivity contribution in [2.24, 2.45) is 5.92 Å². The maximum Gasteiger partial charge on any atom is 0.329 e. The number of unbranched alkanes of at least 4 members (excludes halogenated alkanes) is 16. The number of likely N-dealkylation sites (N-methyl/N-ethyl adjacent to an activating group) is 1. The van der Waals surface area contributed by atoms with Gasteiger partial charge in [0.15, 0.2) is 0 Å². The molecule has 0 saturated carbocycles. The van der Waals surface area contributed by atoms with Gasteiger partial charge in [-0.1, -0.05) is 110 Å². The summed E-state index contributed by atoms with van der Waals surface area (Å²) in [6.07, 6.45) is 23.6. The lowest BCUT2D eigenvalue weighted by Crippen LogP contribution is -2.19. The second-order valence-electron chi connectivity index (χ2n) is 9.97. The van der Waals surface area contributed by atoms with Crippen LogP contribution in [0.15, 0.2) is 0 Å². The van der Waals surface area contributed by atoms with Crippen molar-refractivity contribution in [1.29, 1.82) is 0 Å². The maximum absolute atomic E-state index is 11.5. The summed E-state index contributed by atoms with van der Waals surface area (Å²) in [4.78, 5) is 21.3. The molecule has 6 nitrogen and oxygen atoms in total. The number of hydrogen-bond acceptors (Lipinski definition) is 6. The standard InChI is InChI=1S/C28H58NO5P/c1-4-5-6-7-8-9-10-11-12-13-14-15-16-17-18-19-20-22-32-25-28(24-27(2)30)26-34-35(31)33-23-21-29-3/h28-29,31H,4-26H2,1-3H3. The summed E-state index contributed by atoms with van der Waals surface area (Å²) in [5.41, 5.74) is 0. The molecule has 2 unspecified atom stereocenters. The first kappa shape index (κ1) is 34.9. The Morgan fingerprint density at radius 2 is 1.23 bits per heavy atom. The topological polar surface area (TPSA) is 77.0 Å². The highest BCUT2D eigenvalue weighted by atomic mass is 31.2. The second-order valence-corrected chi connectivity index (χ2v) is 11.0. The molecule has 0 spiro atoms. The van der Waals surface area contributed by atoms with E-state index in [0.29, 0.717) is 26.2 Å². The summed E-state index contributed by atoms with van der Waals surface area (Å²) in [5.74, 6) is 0.0710. The average Bonchev–Trinajstić information content (AvgIpc) is 2.83. The van der Waals surface area contributed by atoms with Gasteiger partial charge in [-0.05, 0) is 20.4 Å². The van der Waals surface area contributed by atoms with Gasteiger partial charge in [0.05, 0.1) is 19.8 Å². The van der Waals surface area contributed by atoms with E-state index >= 15 is 0 Å². The summed E-state index contributed by atoms with van der Waals surface area (Å²) in [6.45, 7) is 6.39. The van der Waals surface area contributed by atoms with E-state index in [1.165, 1.54) is 103 Å². The van der Waals surface area contributed by atoms with Crippen LogP contribution in [0.2, 0.25) is 0 Å². The number of carbonyl (C=O) groups excluding carboxylic acids is 1. The molecule has 0 aliphatic carbocycles. The molecule has 0 fully saturated rings. The Hall–Kier alpha value is -0.100. The maximum atomic E-state index is 11.5. The molecule has 0 aromatic heterocycles. The molecule has 0 aliphatic heterocycles. The van der Waals surface area contributed by atoms with Crippen molar-refractivity contribution in [3.05, 3.63) is 0 Å².